The molecule has 2 aromatic carbocycles. The van der Waals surface area contributed by atoms with E-state index in [1.807, 2.05) is 47.6 Å². The first-order chi connectivity index (χ1) is 14.0. The molecule has 3 aromatic rings. The number of likely N-dealkylation sites (N-methyl/N-ethyl adjacent to an activating group) is 1. The molecule has 0 unspecified atom stereocenters. The molecule has 0 bridgehead atoms. The van der Waals surface area contributed by atoms with Gasteiger partial charge < -0.3 is 14.2 Å². The number of carbonyl (C=O) groups is 1. The molecule has 1 amide bonds. The number of hydrogen-bond acceptors (Lipinski definition) is 4. The number of benzene rings is 2. The van der Waals surface area contributed by atoms with Gasteiger partial charge in [0.1, 0.15) is 12.3 Å². The Morgan fingerprint density at radius 3 is 2.66 bits per heavy atom. The third-order valence-corrected chi connectivity index (χ3v) is 5.89. The van der Waals surface area contributed by atoms with E-state index in [1.165, 1.54) is 5.56 Å². The Kier molecular flexibility index (Phi) is 7.20. The van der Waals surface area contributed by atoms with Crippen molar-refractivity contribution in [3.63, 3.8) is 0 Å². The van der Waals surface area contributed by atoms with Crippen LogP contribution in [0.1, 0.15) is 25.0 Å². The van der Waals surface area contributed by atoms with Crippen molar-refractivity contribution in [2.45, 2.75) is 39.4 Å². The van der Waals surface area contributed by atoms with Crippen molar-refractivity contribution >= 4 is 28.7 Å². The van der Waals surface area contributed by atoms with Crippen LogP contribution in [0.25, 0.3) is 11.0 Å². The Labute approximate surface area is 177 Å². The monoisotopic (exact) mass is 411 g/mol. The average molecular weight is 412 g/mol. The largest absolute Gasteiger partial charge is 0.492 e. The van der Waals surface area contributed by atoms with E-state index in [1.54, 1.807) is 11.8 Å². The van der Waals surface area contributed by atoms with E-state index in [9.17, 15) is 4.79 Å². The minimum atomic E-state index is 0.117. The maximum Gasteiger partial charge on any atom is 0.242 e. The Hall–Kier alpha value is -2.47. The van der Waals surface area contributed by atoms with Gasteiger partial charge in [0.05, 0.1) is 17.6 Å². The first-order valence-corrected chi connectivity index (χ1v) is 11.1. The van der Waals surface area contributed by atoms with Crippen molar-refractivity contribution in [2.75, 3.05) is 25.4 Å². The van der Waals surface area contributed by atoms with E-state index in [-0.39, 0.29) is 5.91 Å². The highest BCUT2D eigenvalue weighted by atomic mass is 32.2. The third kappa shape index (κ3) is 5.12. The fourth-order valence-corrected chi connectivity index (χ4v) is 4.11. The van der Waals surface area contributed by atoms with Gasteiger partial charge in [-0.1, -0.05) is 36.0 Å². The molecule has 3 rings (SSSR count). The van der Waals surface area contributed by atoms with Crippen LogP contribution in [-0.2, 0) is 11.3 Å². The van der Waals surface area contributed by atoms with Crippen LogP contribution < -0.4 is 4.74 Å². The van der Waals surface area contributed by atoms with Gasteiger partial charge in [-0.15, -0.1) is 0 Å². The highest BCUT2D eigenvalue weighted by Crippen LogP contribution is 2.25. The number of fused-ring (bicyclic) bond motifs is 1. The average Bonchev–Trinajstić information content (AvgIpc) is 3.06. The van der Waals surface area contributed by atoms with Gasteiger partial charge in [-0.05, 0) is 57.0 Å². The van der Waals surface area contributed by atoms with Crippen molar-refractivity contribution in [1.29, 1.82) is 0 Å². The molecule has 5 nitrogen and oxygen atoms in total. The number of hydrogen-bond donors (Lipinski definition) is 0. The second-order valence-electron chi connectivity index (χ2n) is 7.00. The molecular weight excluding hydrogens is 382 g/mol. The number of imidazole rings is 1. The Balaban J connectivity index is 1.71. The van der Waals surface area contributed by atoms with Gasteiger partial charge in [0.25, 0.3) is 0 Å². The van der Waals surface area contributed by atoms with Crippen molar-refractivity contribution < 1.29 is 9.53 Å². The van der Waals surface area contributed by atoms with Crippen LogP contribution in [0.5, 0.6) is 5.75 Å². The SMILES string of the molecule is CCN(CC)C(=O)Cn1c(SCCOc2cc(C)ccc2C)nc2ccccc21. The van der Waals surface area contributed by atoms with Crippen LogP contribution in [0.3, 0.4) is 0 Å². The van der Waals surface area contributed by atoms with Crippen LogP contribution in [0.15, 0.2) is 47.6 Å². The molecule has 6 heteroatoms. The summed E-state index contributed by atoms with van der Waals surface area (Å²) in [4.78, 5) is 19.3. The molecule has 0 atom stereocenters. The summed E-state index contributed by atoms with van der Waals surface area (Å²) in [6.07, 6.45) is 0. The number of nitrogens with zero attached hydrogens (tertiary/aromatic N) is 3. The molecule has 1 heterocycles. The predicted molar refractivity (Wildman–Crippen MR) is 120 cm³/mol. The number of amides is 1. The lowest BCUT2D eigenvalue weighted by Crippen LogP contribution is -2.33. The minimum Gasteiger partial charge on any atom is -0.492 e. The second kappa shape index (κ2) is 9.83. The van der Waals surface area contributed by atoms with Crippen molar-refractivity contribution in [2.24, 2.45) is 0 Å². The van der Waals surface area contributed by atoms with E-state index in [2.05, 4.69) is 32.0 Å². The number of aromatic nitrogens is 2. The zero-order chi connectivity index (χ0) is 20.8. The quantitative estimate of drug-likeness (QED) is 0.378. The molecule has 0 aliphatic heterocycles. The number of rotatable bonds is 9. The summed E-state index contributed by atoms with van der Waals surface area (Å²) >= 11 is 1.63. The predicted octanol–water partition coefficient (Wildman–Crippen LogP) is 4.69. The highest BCUT2D eigenvalue weighted by Gasteiger charge is 2.17. The molecule has 0 saturated heterocycles. The van der Waals surface area contributed by atoms with Crippen LogP contribution in [0, 0.1) is 13.8 Å². The van der Waals surface area contributed by atoms with Gasteiger partial charge in [0.2, 0.25) is 5.91 Å². The van der Waals surface area contributed by atoms with E-state index in [4.69, 9.17) is 9.72 Å². The van der Waals surface area contributed by atoms with E-state index in [0.29, 0.717) is 26.2 Å². The van der Waals surface area contributed by atoms with E-state index < -0.39 is 0 Å². The number of thioether (sulfide) groups is 1. The van der Waals surface area contributed by atoms with E-state index in [0.717, 1.165) is 33.3 Å². The summed E-state index contributed by atoms with van der Waals surface area (Å²) in [5.41, 5.74) is 4.23. The lowest BCUT2D eigenvalue weighted by atomic mass is 10.1. The van der Waals surface area contributed by atoms with Gasteiger partial charge in [-0.3, -0.25) is 4.79 Å². The van der Waals surface area contributed by atoms with Crippen LogP contribution in [0.4, 0.5) is 0 Å². The molecule has 0 aliphatic rings. The molecule has 0 spiro atoms. The topological polar surface area (TPSA) is 47.4 Å². The van der Waals surface area contributed by atoms with Crippen molar-refractivity contribution in [3.8, 4) is 5.75 Å². The lowest BCUT2D eigenvalue weighted by molar-refractivity contribution is -0.131. The Bertz CT molecular complexity index is 979. The smallest absolute Gasteiger partial charge is 0.242 e. The molecule has 0 N–H and O–H groups in total. The van der Waals surface area contributed by atoms with Gasteiger partial charge in [-0.2, -0.15) is 0 Å². The van der Waals surface area contributed by atoms with Gasteiger partial charge in [0.15, 0.2) is 5.16 Å². The second-order valence-corrected chi connectivity index (χ2v) is 8.06. The van der Waals surface area contributed by atoms with Gasteiger partial charge in [0, 0.05) is 18.8 Å². The summed E-state index contributed by atoms with van der Waals surface area (Å²) in [5, 5.41) is 0.858. The highest BCUT2D eigenvalue weighted by molar-refractivity contribution is 7.99. The van der Waals surface area contributed by atoms with Crippen LogP contribution >= 0.6 is 11.8 Å². The summed E-state index contributed by atoms with van der Waals surface area (Å²) < 4.78 is 8.00. The molecule has 1 aromatic heterocycles. The Morgan fingerprint density at radius 2 is 1.90 bits per heavy atom. The summed E-state index contributed by atoms with van der Waals surface area (Å²) in [6.45, 7) is 10.5. The molecule has 0 fully saturated rings. The zero-order valence-corrected chi connectivity index (χ0v) is 18.5. The van der Waals surface area contributed by atoms with Gasteiger partial charge in [-0.25, -0.2) is 4.98 Å². The Morgan fingerprint density at radius 1 is 1.14 bits per heavy atom. The molecule has 29 heavy (non-hydrogen) atoms. The molecular formula is C23H29N3O2S. The maximum absolute atomic E-state index is 12.7. The van der Waals surface area contributed by atoms with Crippen molar-refractivity contribution in [3.05, 3.63) is 53.6 Å². The number of ether oxygens (including phenoxy) is 1. The molecule has 154 valence electrons. The number of aryl methyl sites for hydroxylation is 2. The first-order valence-electron chi connectivity index (χ1n) is 10.1. The maximum atomic E-state index is 12.7. The summed E-state index contributed by atoms with van der Waals surface area (Å²) in [6, 6.07) is 14.2. The first kappa shape index (κ1) is 21.2. The fourth-order valence-electron chi connectivity index (χ4n) is 3.28. The molecule has 0 saturated carbocycles. The van der Waals surface area contributed by atoms with Crippen molar-refractivity contribution in [1.82, 2.24) is 14.5 Å². The number of carbonyl (C=O) groups excluding carboxylic acids is 1. The van der Waals surface area contributed by atoms with E-state index >= 15 is 0 Å². The third-order valence-electron chi connectivity index (χ3n) is 4.94. The van der Waals surface area contributed by atoms with Crippen LogP contribution in [-0.4, -0.2) is 45.8 Å². The fraction of sp³-hybridized carbons (Fsp3) is 0.391. The normalized spacial score (nSPS) is 11.0. The molecule has 0 radical (unpaired) electrons. The molecule has 0 aliphatic carbocycles. The van der Waals surface area contributed by atoms with Crippen LogP contribution in [0.2, 0.25) is 0 Å². The zero-order valence-electron chi connectivity index (χ0n) is 17.6. The summed E-state index contributed by atoms with van der Waals surface area (Å²) in [5.74, 6) is 1.80. The standard InChI is InChI=1S/C23H29N3O2S/c1-5-25(6-2)22(27)16-26-20-10-8-7-9-19(20)24-23(26)29-14-13-28-21-15-17(3)11-12-18(21)4/h7-12,15H,5-6,13-14,16H2,1-4H3. The lowest BCUT2D eigenvalue weighted by Gasteiger charge is -2.19. The summed E-state index contributed by atoms with van der Waals surface area (Å²) in [7, 11) is 0. The van der Waals surface area contributed by atoms with Gasteiger partial charge >= 0.3 is 0 Å². The minimum absolute atomic E-state index is 0.117. The number of para-hydroxylation sites is 2.